The van der Waals surface area contributed by atoms with Gasteiger partial charge in [-0.05, 0) is 0 Å². The van der Waals surface area contributed by atoms with Gasteiger partial charge in [-0.1, -0.05) is 0 Å². The first-order valence-corrected chi connectivity index (χ1v) is 2.24. The van der Waals surface area contributed by atoms with Crippen LogP contribution in [0, 0.1) is 5.41 Å². The highest BCUT2D eigenvalue weighted by Gasteiger charge is 1.94. The van der Waals surface area contributed by atoms with Gasteiger partial charge in [-0.3, -0.25) is 15.6 Å². The molecule has 0 rings (SSSR count). The normalized spacial score (nSPS) is 7.30. The van der Waals surface area contributed by atoms with E-state index in [-0.39, 0.29) is 24.9 Å². The largest absolute Gasteiger partial charge is 0.370 e. The number of halogens is 1. The summed E-state index contributed by atoms with van der Waals surface area (Å²) < 4.78 is 0. The Labute approximate surface area is 64.2 Å². The lowest BCUT2D eigenvalue weighted by atomic mass is 10.6. The molecule has 0 atom stereocenters. The topological polar surface area (TPSA) is 117 Å². The Bertz CT molecular complexity index is 126. The van der Waals surface area contributed by atoms with Gasteiger partial charge < -0.3 is 11.1 Å². The molecule has 0 aliphatic heterocycles. The summed E-state index contributed by atoms with van der Waals surface area (Å²) in [6.07, 6.45) is 0. The maximum Gasteiger partial charge on any atom is 0.253 e. The number of nitrogens with two attached hydrogens (primary N) is 2. The van der Waals surface area contributed by atoms with E-state index in [0.29, 0.717) is 0 Å². The molecule has 6 nitrogen and oxygen atoms in total. The summed E-state index contributed by atoms with van der Waals surface area (Å²) in [7, 11) is 0. The highest BCUT2D eigenvalue weighted by Crippen LogP contribution is 1.55. The van der Waals surface area contributed by atoms with Gasteiger partial charge in [0, 0.05) is 0 Å². The molecule has 0 unspecified atom stereocenters. The van der Waals surface area contributed by atoms with Crippen molar-refractivity contribution < 1.29 is 4.79 Å². The first-order valence-electron chi connectivity index (χ1n) is 2.24. The lowest BCUT2D eigenvalue weighted by Gasteiger charge is -1.99. The number of carbonyl (C=O) groups is 1. The molecular formula is C3H10ClN5O. The molecular weight excluding hydrogens is 158 g/mol. The number of amides is 1. The van der Waals surface area contributed by atoms with Gasteiger partial charge in [-0.25, -0.2) is 5.84 Å². The molecule has 7 heteroatoms. The zero-order valence-electron chi connectivity index (χ0n) is 5.18. The minimum absolute atomic E-state index is 0. The smallest absolute Gasteiger partial charge is 0.253 e. The SMILES string of the molecule is Cl.N=C(N)NCC(=O)NN. The summed E-state index contributed by atoms with van der Waals surface area (Å²) in [5.74, 6) is 4.04. The molecule has 0 aliphatic rings. The zero-order chi connectivity index (χ0) is 7.28. The van der Waals surface area contributed by atoms with Gasteiger partial charge in [0.25, 0.3) is 5.91 Å². The number of hydrazine groups is 1. The van der Waals surface area contributed by atoms with Gasteiger partial charge in [0.05, 0.1) is 6.54 Å². The summed E-state index contributed by atoms with van der Waals surface area (Å²) in [5.41, 5.74) is 6.71. The third-order valence-corrected chi connectivity index (χ3v) is 0.600. The second kappa shape index (κ2) is 6.12. The number of carbonyl (C=O) groups excluding carboxylic acids is 1. The minimum Gasteiger partial charge on any atom is -0.370 e. The Morgan fingerprint density at radius 2 is 2.10 bits per heavy atom. The van der Waals surface area contributed by atoms with Crippen LogP contribution in [0.5, 0.6) is 0 Å². The molecule has 1 amide bonds. The number of nitrogens with one attached hydrogen (secondary N) is 3. The van der Waals surface area contributed by atoms with Gasteiger partial charge in [0.1, 0.15) is 0 Å². The molecule has 0 aromatic carbocycles. The summed E-state index contributed by atoms with van der Waals surface area (Å²) in [6.45, 7) is -0.0637. The Morgan fingerprint density at radius 1 is 1.60 bits per heavy atom. The molecule has 7 N–H and O–H groups in total. The van der Waals surface area contributed by atoms with Gasteiger partial charge in [0.2, 0.25) is 0 Å². The fourth-order valence-electron chi connectivity index (χ4n) is 0.227. The monoisotopic (exact) mass is 167 g/mol. The highest BCUT2D eigenvalue weighted by atomic mass is 35.5. The average molecular weight is 168 g/mol. The van der Waals surface area contributed by atoms with Crippen molar-refractivity contribution in [1.29, 1.82) is 5.41 Å². The van der Waals surface area contributed by atoms with Crippen LogP contribution < -0.4 is 22.3 Å². The molecule has 0 heterocycles. The fourth-order valence-corrected chi connectivity index (χ4v) is 0.227. The molecule has 0 aromatic heterocycles. The summed E-state index contributed by atoms with van der Waals surface area (Å²) in [4.78, 5) is 10.3. The van der Waals surface area contributed by atoms with Crippen molar-refractivity contribution >= 4 is 24.3 Å². The quantitative estimate of drug-likeness (QED) is 0.106. The lowest BCUT2D eigenvalue weighted by molar-refractivity contribution is -0.120. The molecule has 60 valence electrons. The van der Waals surface area contributed by atoms with Crippen molar-refractivity contribution in [1.82, 2.24) is 10.7 Å². The van der Waals surface area contributed by atoms with E-state index in [9.17, 15) is 4.79 Å². The molecule has 0 fully saturated rings. The predicted octanol–water partition coefficient (Wildman–Crippen LogP) is -2.12. The van der Waals surface area contributed by atoms with Crippen LogP contribution in [0.3, 0.4) is 0 Å². The van der Waals surface area contributed by atoms with Crippen molar-refractivity contribution in [2.24, 2.45) is 11.6 Å². The molecule has 0 aromatic rings. The summed E-state index contributed by atoms with van der Waals surface area (Å²) in [6, 6.07) is 0. The van der Waals surface area contributed by atoms with Gasteiger partial charge in [0.15, 0.2) is 5.96 Å². The molecule has 10 heavy (non-hydrogen) atoms. The third kappa shape index (κ3) is 6.99. The Kier molecular flexibility index (Phi) is 7.18. The number of guanidine groups is 1. The van der Waals surface area contributed by atoms with Crippen LogP contribution in [-0.2, 0) is 4.79 Å². The Morgan fingerprint density at radius 3 is 2.40 bits per heavy atom. The highest BCUT2D eigenvalue weighted by molar-refractivity contribution is 5.85. The van der Waals surface area contributed by atoms with Crippen LogP contribution in [0.15, 0.2) is 0 Å². The second-order valence-electron chi connectivity index (χ2n) is 1.33. The molecule has 0 saturated heterocycles. The van der Waals surface area contributed by atoms with Crippen LogP contribution in [-0.4, -0.2) is 18.4 Å². The third-order valence-electron chi connectivity index (χ3n) is 0.600. The van der Waals surface area contributed by atoms with Crippen molar-refractivity contribution in [3.8, 4) is 0 Å². The average Bonchev–Trinajstić information content (AvgIpc) is 1.83. The van der Waals surface area contributed by atoms with E-state index in [0.717, 1.165) is 0 Å². The van der Waals surface area contributed by atoms with E-state index in [4.69, 9.17) is 17.0 Å². The van der Waals surface area contributed by atoms with E-state index in [1.54, 1.807) is 0 Å². The summed E-state index contributed by atoms with van der Waals surface area (Å²) in [5, 5.41) is 8.87. The standard InChI is InChI=1S/C3H9N5O.ClH/c4-3(5)7-1-2(9)8-6;/h1,6H2,(H,8,9)(H4,4,5,7);1H. The first kappa shape index (κ1) is 11.7. The molecule has 0 bridgehead atoms. The van der Waals surface area contributed by atoms with E-state index in [2.05, 4.69) is 5.32 Å². The maximum atomic E-state index is 10.3. The predicted molar refractivity (Wildman–Crippen MR) is 39.5 cm³/mol. The van der Waals surface area contributed by atoms with Crippen LogP contribution in [0.4, 0.5) is 0 Å². The fraction of sp³-hybridized carbons (Fsp3) is 0.333. The van der Waals surface area contributed by atoms with Gasteiger partial charge >= 0.3 is 0 Å². The van der Waals surface area contributed by atoms with E-state index < -0.39 is 5.91 Å². The maximum absolute atomic E-state index is 10.3. The number of hydrogen-bond acceptors (Lipinski definition) is 3. The van der Waals surface area contributed by atoms with E-state index in [1.807, 2.05) is 5.43 Å². The summed E-state index contributed by atoms with van der Waals surface area (Å²) >= 11 is 0. The second-order valence-corrected chi connectivity index (χ2v) is 1.33. The van der Waals surface area contributed by atoms with Crippen molar-refractivity contribution in [2.45, 2.75) is 0 Å². The Balaban J connectivity index is 0. The van der Waals surface area contributed by atoms with Crippen LogP contribution in [0.25, 0.3) is 0 Å². The number of rotatable bonds is 2. The van der Waals surface area contributed by atoms with Crippen LogP contribution >= 0.6 is 12.4 Å². The first-order chi connectivity index (χ1) is 4.16. The van der Waals surface area contributed by atoms with Crippen LogP contribution in [0.2, 0.25) is 0 Å². The lowest BCUT2D eigenvalue weighted by Crippen LogP contribution is -2.42. The Hall–Kier alpha value is -1.01. The van der Waals surface area contributed by atoms with E-state index >= 15 is 0 Å². The zero-order valence-corrected chi connectivity index (χ0v) is 5.99. The molecule has 0 spiro atoms. The molecule has 0 aliphatic carbocycles. The number of hydrogen-bond donors (Lipinski definition) is 5. The van der Waals surface area contributed by atoms with Gasteiger partial charge in [-0.15, -0.1) is 12.4 Å². The van der Waals surface area contributed by atoms with Gasteiger partial charge in [-0.2, -0.15) is 0 Å². The molecule has 0 radical (unpaired) electrons. The van der Waals surface area contributed by atoms with E-state index in [1.165, 1.54) is 0 Å². The van der Waals surface area contributed by atoms with Crippen LogP contribution in [0.1, 0.15) is 0 Å². The van der Waals surface area contributed by atoms with Crippen molar-refractivity contribution in [2.75, 3.05) is 6.54 Å². The van der Waals surface area contributed by atoms with Crippen molar-refractivity contribution in [3.05, 3.63) is 0 Å². The molecule has 0 saturated carbocycles. The minimum atomic E-state index is -0.412. The van der Waals surface area contributed by atoms with Crippen molar-refractivity contribution in [3.63, 3.8) is 0 Å².